The summed E-state index contributed by atoms with van der Waals surface area (Å²) in [6, 6.07) is 7.76. The third-order valence-electron chi connectivity index (χ3n) is 3.92. The molecule has 1 aliphatic rings. The molecule has 0 radical (unpaired) electrons. The number of benzene rings is 1. The summed E-state index contributed by atoms with van der Waals surface area (Å²) in [5.41, 5.74) is 12.7. The highest BCUT2D eigenvalue weighted by Gasteiger charge is 2.23. The normalized spacial score (nSPS) is 17.3. The first-order chi connectivity index (χ1) is 10.6. The Kier molecular flexibility index (Phi) is 10.6. The standard InChI is InChI=1S/C16H24N4O2.2ClH/c17-8-7-15(21)19-14-5-3-12(4-6-14)10-20-9-1-2-13(11-20)16(18)22;;/h3-6,13H,1-2,7-11,17H2,(H2,18,22)(H,19,21);2*1H. The topological polar surface area (TPSA) is 101 Å². The van der Waals surface area contributed by atoms with Gasteiger partial charge in [-0.15, -0.1) is 24.8 Å². The first-order valence-corrected chi connectivity index (χ1v) is 7.69. The van der Waals surface area contributed by atoms with Crippen LogP contribution in [0.4, 0.5) is 5.69 Å². The Morgan fingerprint density at radius 1 is 1.21 bits per heavy atom. The minimum absolute atomic E-state index is 0. The van der Waals surface area contributed by atoms with Crippen LogP contribution < -0.4 is 16.8 Å². The highest BCUT2D eigenvalue weighted by Crippen LogP contribution is 2.19. The summed E-state index contributed by atoms with van der Waals surface area (Å²) in [5, 5.41) is 2.80. The van der Waals surface area contributed by atoms with Gasteiger partial charge < -0.3 is 16.8 Å². The lowest BCUT2D eigenvalue weighted by molar-refractivity contribution is -0.123. The van der Waals surface area contributed by atoms with Gasteiger partial charge in [0.05, 0.1) is 5.92 Å². The number of halogens is 2. The molecule has 5 N–H and O–H groups in total. The number of primary amides is 1. The van der Waals surface area contributed by atoms with Crippen molar-refractivity contribution in [1.29, 1.82) is 0 Å². The Hall–Kier alpha value is -1.34. The number of anilines is 1. The number of nitrogens with two attached hydrogens (primary N) is 2. The monoisotopic (exact) mass is 376 g/mol. The maximum absolute atomic E-state index is 11.5. The largest absolute Gasteiger partial charge is 0.369 e. The average molecular weight is 377 g/mol. The Bertz CT molecular complexity index is 525. The summed E-state index contributed by atoms with van der Waals surface area (Å²) >= 11 is 0. The lowest BCUT2D eigenvalue weighted by Crippen LogP contribution is -2.40. The van der Waals surface area contributed by atoms with Crippen molar-refractivity contribution >= 4 is 42.3 Å². The molecule has 0 bridgehead atoms. The molecule has 1 aromatic rings. The Morgan fingerprint density at radius 2 is 1.88 bits per heavy atom. The molecule has 2 amide bonds. The van der Waals surface area contributed by atoms with Crippen LogP contribution >= 0.6 is 24.8 Å². The van der Waals surface area contributed by atoms with Crippen LogP contribution in [0.1, 0.15) is 24.8 Å². The molecule has 1 unspecified atom stereocenters. The lowest BCUT2D eigenvalue weighted by Gasteiger charge is -2.31. The third-order valence-corrected chi connectivity index (χ3v) is 3.92. The van der Waals surface area contributed by atoms with Gasteiger partial charge in [0.2, 0.25) is 11.8 Å². The Labute approximate surface area is 155 Å². The zero-order chi connectivity index (χ0) is 15.9. The second-order valence-corrected chi connectivity index (χ2v) is 5.76. The van der Waals surface area contributed by atoms with E-state index in [4.69, 9.17) is 11.5 Å². The molecule has 1 heterocycles. The molecule has 1 atom stereocenters. The van der Waals surface area contributed by atoms with Crippen molar-refractivity contribution in [3.63, 3.8) is 0 Å². The number of hydrogen-bond acceptors (Lipinski definition) is 4. The van der Waals surface area contributed by atoms with Gasteiger partial charge in [0.25, 0.3) is 0 Å². The van der Waals surface area contributed by atoms with Crippen molar-refractivity contribution in [2.24, 2.45) is 17.4 Å². The van der Waals surface area contributed by atoms with Gasteiger partial charge in [-0.3, -0.25) is 14.5 Å². The molecular formula is C16H26Cl2N4O2. The van der Waals surface area contributed by atoms with E-state index in [0.717, 1.165) is 43.7 Å². The molecule has 0 aromatic heterocycles. The van der Waals surface area contributed by atoms with E-state index >= 15 is 0 Å². The summed E-state index contributed by atoms with van der Waals surface area (Å²) in [4.78, 5) is 25.0. The quantitative estimate of drug-likeness (QED) is 0.700. The van der Waals surface area contributed by atoms with Gasteiger partial charge in [0, 0.05) is 31.7 Å². The maximum atomic E-state index is 11.5. The number of piperidine rings is 1. The highest BCUT2D eigenvalue weighted by atomic mass is 35.5. The van der Waals surface area contributed by atoms with E-state index in [1.54, 1.807) is 0 Å². The zero-order valence-electron chi connectivity index (χ0n) is 13.6. The van der Waals surface area contributed by atoms with Crippen LogP contribution in [0.5, 0.6) is 0 Å². The van der Waals surface area contributed by atoms with Crippen LogP contribution in [-0.4, -0.2) is 36.3 Å². The van der Waals surface area contributed by atoms with Crippen molar-refractivity contribution < 1.29 is 9.59 Å². The van der Waals surface area contributed by atoms with Gasteiger partial charge in [-0.2, -0.15) is 0 Å². The summed E-state index contributed by atoms with van der Waals surface area (Å²) in [6.07, 6.45) is 2.21. The second kappa shape index (κ2) is 11.3. The smallest absolute Gasteiger partial charge is 0.225 e. The van der Waals surface area contributed by atoms with Gasteiger partial charge in [-0.1, -0.05) is 12.1 Å². The fraction of sp³-hybridized carbons (Fsp3) is 0.500. The van der Waals surface area contributed by atoms with E-state index in [1.165, 1.54) is 0 Å². The van der Waals surface area contributed by atoms with E-state index in [1.807, 2.05) is 24.3 Å². The second-order valence-electron chi connectivity index (χ2n) is 5.76. The van der Waals surface area contributed by atoms with Crippen molar-refractivity contribution in [2.45, 2.75) is 25.8 Å². The van der Waals surface area contributed by atoms with E-state index < -0.39 is 0 Å². The number of amides is 2. The number of likely N-dealkylation sites (tertiary alicyclic amines) is 1. The number of carbonyl (C=O) groups is 2. The molecule has 1 fully saturated rings. The van der Waals surface area contributed by atoms with Gasteiger partial charge in [0.1, 0.15) is 0 Å². The van der Waals surface area contributed by atoms with E-state index in [2.05, 4.69) is 10.2 Å². The zero-order valence-corrected chi connectivity index (χ0v) is 15.2. The molecule has 8 heteroatoms. The molecule has 0 aliphatic carbocycles. The predicted molar refractivity (Wildman–Crippen MR) is 100 cm³/mol. The van der Waals surface area contributed by atoms with E-state index in [-0.39, 0.29) is 42.5 Å². The molecule has 1 saturated heterocycles. The maximum Gasteiger partial charge on any atom is 0.225 e. The average Bonchev–Trinajstić information content (AvgIpc) is 2.50. The van der Waals surface area contributed by atoms with Crippen LogP contribution in [0.2, 0.25) is 0 Å². The Balaban J connectivity index is 0.00000264. The van der Waals surface area contributed by atoms with Gasteiger partial charge in [0.15, 0.2) is 0 Å². The first kappa shape index (κ1) is 22.7. The van der Waals surface area contributed by atoms with Crippen molar-refractivity contribution in [3.05, 3.63) is 29.8 Å². The minimum atomic E-state index is -0.206. The summed E-state index contributed by atoms with van der Waals surface area (Å²) < 4.78 is 0. The lowest BCUT2D eigenvalue weighted by atomic mass is 9.97. The van der Waals surface area contributed by atoms with Crippen LogP contribution in [0, 0.1) is 5.92 Å². The van der Waals surface area contributed by atoms with Crippen LogP contribution in [0.3, 0.4) is 0 Å². The molecule has 2 rings (SSSR count). The van der Waals surface area contributed by atoms with E-state index in [0.29, 0.717) is 13.0 Å². The number of carbonyl (C=O) groups excluding carboxylic acids is 2. The molecule has 24 heavy (non-hydrogen) atoms. The molecule has 0 saturated carbocycles. The summed E-state index contributed by atoms with van der Waals surface area (Å²) in [5.74, 6) is -0.318. The molecule has 1 aromatic carbocycles. The fourth-order valence-electron chi connectivity index (χ4n) is 2.74. The summed E-state index contributed by atoms with van der Waals surface area (Å²) in [7, 11) is 0. The molecule has 0 spiro atoms. The van der Waals surface area contributed by atoms with Gasteiger partial charge >= 0.3 is 0 Å². The van der Waals surface area contributed by atoms with Crippen LogP contribution in [0.15, 0.2) is 24.3 Å². The first-order valence-electron chi connectivity index (χ1n) is 7.69. The van der Waals surface area contributed by atoms with Crippen LogP contribution in [-0.2, 0) is 16.1 Å². The Morgan fingerprint density at radius 3 is 2.46 bits per heavy atom. The van der Waals surface area contributed by atoms with Crippen molar-refractivity contribution in [3.8, 4) is 0 Å². The third kappa shape index (κ3) is 7.05. The van der Waals surface area contributed by atoms with Gasteiger partial charge in [-0.05, 0) is 37.1 Å². The fourth-order valence-corrected chi connectivity index (χ4v) is 2.74. The molecular weight excluding hydrogens is 351 g/mol. The molecule has 136 valence electrons. The summed E-state index contributed by atoms with van der Waals surface area (Å²) in [6.45, 7) is 2.85. The minimum Gasteiger partial charge on any atom is -0.369 e. The number of nitrogens with one attached hydrogen (secondary N) is 1. The highest BCUT2D eigenvalue weighted by molar-refractivity contribution is 5.90. The SMILES string of the molecule is Cl.Cl.NCCC(=O)Nc1ccc(CN2CCCC(C(N)=O)C2)cc1. The number of rotatable bonds is 6. The van der Waals surface area contributed by atoms with E-state index in [9.17, 15) is 9.59 Å². The number of nitrogens with zero attached hydrogens (tertiary/aromatic N) is 1. The van der Waals surface area contributed by atoms with Crippen molar-refractivity contribution in [2.75, 3.05) is 25.0 Å². The molecule has 6 nitrogen and oxygen atoms in total. The van der Waals surface area contributed by atoms with Gasteiger partial charge in [-0.25, -0.2) is 0 Å². The number of hydrogen-bond donors (Lipinski definition) is 3. The van der Waals surface area contributed by atoms with Crippen LogP contribution in [0.25, 0.3) is 0 Å². The molecule has 1 aliphatic heterocycles. The van der Waals surface area contributed by atoms with Crippen molar-refractivity contribution in [1.82, 2.24) is 4.90 Å². The predicted octanol–water partition coefficient (Wildman–Crippen LogP) is 1.51.